The molecular weight excluding hydrogens is 346 g/mol. The van der Waals surface area contributed by atoms with Gasteiger partial charge < -0.3 is 0 Å². The molecule has 2 heterocycles. The van der Waals surface area contributed by atoms with Gasteiger partial charge in [-0.2, -0.15) is 0 Å². The van der Waals surface area contributed by atoms with Gasteiger partial charge in [0.15, 0.2) is 16.3 Å². The summed E-state index contributed by atoms with van der Waals surface area (Å²) in [4.78, 5) is 34.7. The van der Waals surface area contributed by atoms with Crippen LogP contribution in [-0.2, 0) is 0 Å². The van der Waals surface area contributed by atoms with E-state index < -0.39 is 10.8 Å². The molecule has 0 bridgehead atoms. The van der Waals surface area contributed by atoms with Gasteiger partial charge in [-0.15, -0.1) is 0 Å². The van der Waals surface area contributed by atoms with Crippen molar-refractivity contribution in [1.82, 2.24) is 19.6 Å². The second kappa shape index (κ2) is 6.65. The summed E-state index contributed by atoms with van der Waals surface area (Å²) >= 11 is 1.36. The first-order valence-electron chi connectivity index (χ1n) is 6.88. The standard InChI is InChI=1S/C14H11N7O3S/c1-25-14-16-6-10-11(15)20(7-17-12(10)18-14)19-13(22)8-2-4-9(5-3-8)21(23)24/h2-7,15H,1H3,(H,19,22). The van der Waals surface area contributed by atoms with Crippen LogP contribution in [0, 0.1) is 15.5 Å². The molecule has 126 valence electrons. The van der Waals surface area contributed by atoms with Crippen LogP contribution >= 0.6 is 11.8 Å². The second-order valence-corrected chi connectivity index (χ2v) is 5.58. The van der Waals surface area contributed by atoms with E-state index in [4.69, 9.17) is 5.41 Å². The summed E-state index contributed by atoms with van der Waals surface area (Å²) in [6.45, 7) is 0. The van der Waals surface area contributed by atoms with Crippen molar-refractivity contribution in [3.8, 4) is 0 Å². The molecule has 0 atom stereocenters. The van der Waals surface area contributed by atoms with Crippen LogP contribution in [0.1, 0.15) is 10.4 Å². The second-order valence-electron chi connectivity index (χ2n) is 4.80. The van der Waals surface area contributed by atoms with Gasteiger partial charge in [0.1, 0.15) is 6.33 Å². The van der Waals surface area contributed by atoms with Crippen molar-refractivity contribution in [3.63, 3.8) is 0 Å². The van der Waals surface area contributed by atoms with Gasteiger partial charge in [-0.05, 0) is 18.4 Å². The van der Waals surface area contributed by atoms with Gasteiger partial charge in [0.05, 0.1) is 10.3 Å². The summed E-state index contributed by atoms with van der Waals surface area (Å²) in [6.07, 6.45) is 4.57. The van der Waals surface area contributed by atoms with Gasteiger partial charge in [-0.3, -0.25) is 25.7 Å². The Morgan fingerprint density at radius 1 is 1.32 bits per heavy atom. The third kappa shape index (κ3) is 3.30. The fourth-order valence-electron chi connectivity index (χ4n) is 2.01. The Labute approximate surface area is 144 Å². The molecule has 0 radical (unpaired) electrons. The van der Waals surface area contributed by atoms with Crippen molar-refractivity contribution < 1.29 is 9.72 Å². The lowest BCUT2D eigenvalue weighted by Crippen LogP contribution is -2.33. The maximum Gasteiger partial charge on any atom is 0.270 e. The minimum atomic E-state index is -0.547. The van der Waals surface area contributed by atoms with Crippen LogP contribution < -0.4 is 10.9 Å². The molecule has 0 aliphatic rings. The smallest absolute Gasteiger partial charge is 0.270 e. The summed E-state index contributed by atoms with van der Waals surface area (Å²) in [5.41, 5.74) is 2.91. The summed E-state index contributed by atoms with van der Waals surface area (Å²) in [5.74, 6) is -0.531. The zero-order valence-electron chi connectivity index (χ0n) is 12.8. The molecule has 25 heavy (non-hydrogen) atoms. The van der Waals surface area contributed by atoms with Crippen molar-refractivity contribution in [2.75, 3.05) is 11.7 Å². The molecular formula is C14H11N7O3S. The van der Waals surface area contributed by atoms with Crippen molar-refractivity contribution >= 4 is 34.4 Å². The summed E-state index contributed by atoms with van der Waals surface area (Å²) < 4.78 is 1.13. The Balaban J connectivity index is 1.89. The topological polar surface area (TPSA) is 140 Å². The highest BCUT2D eigenvalue weighted by Gasteiger charge is 2.11. The Morgan fingerprint density at radius 2 is 2.04 bits per heavy atom. The number of non-ortho nitro benzene ring substituents is 1. The normalized spacial score (nSPS) is 10.6. The molecule has 0 unspecified atom stereocenters. The predicted molar refractivity (Wildman–Crippen MR) is 89.7 cm³/mol. The van der Waals surface area contributed by atoms with Gasteiger partial charge in [-0.1, -0.05) is 11.8 Å². The number of nitrogens with one attached hydrogen (secondary N) is 2. The van der Waals surface area contributed by atoms with Crippen LogP contribution in [0.4, 0.5) is 5.69 Å². The Kier molecular flexibility index (Phi) is 4.39. The highest BCUT2D eigenvalue weighted by molar-refractivity contribution is 7.98. The maximum absolute atomic E-state index is 12.2. The quantitative estimate of drug-likeness (QED) is 0.310. The number of benzene rings is 1. The van der Waals surface area contributed by atoms with Gasteiger partial charge in [0.2, 0.25) is 0 Å². The number of aromatic nitrogens is 4. The van der Waals surface area contributed by atoms with E-state index in [0.29, 0.717) is 16.2 Å². The van der Waals surface area contributed by atoms with Crippen LogP contribution in [0.15, 0.2) is 41.9 Å². The van der Waals surface area contributed by atoms with Crippen LogP contribution in [-0.4, -0.2) is 36.7 Å². The van der Waals surface area contributed by atoms with Gasteiger partial charge in [-0.25, -0.2) is 19.6 Å². The molecule has 10 nitrogen and oxygen atoms in total. The number of hydrogen-bond donors (Lipinski definition) is 2. The van der Waals surface area contributed by atoms with Crippen LogP contribution in [0.3, 0.4) is 0 Å². The number of carbonyl (C=O) groups excluding carboxylic acids is 1. The van der Waals surface area contributed by atoms with Crippen LogP contribution in [0.2, 0.25) is 0 Å². The lowest BCUT2D eigenvalue weighted by atomic mass is 10.2. The molecule has 0 saturated carbocycles. The van der Waals surface area contributed by atoms with Crippen LogP contribution in [0.5, 0.6) is 0 Å². The fourth-order valence-corrected chi connectivity index (χ4v) is 2.35. The zero-order chi connectivity index (χ0) is 18.0. The lowest BCUT2D eigenvalue weighted by Gasteiger charge is -2.09. The average Bonchev–Trinajstić information content (AvgIpc) is 2.63. The number of carbonyl (C=O) groups is 1. The average molecular weight is 357 g/mol. The Morgan fingerprint density at radius 3 is 2.68 bits per heavy atom. The van der Waals surface area contributed by atoms with Gasteiger partial charge >= 0.3 is 0 Å². The molecule has 1 aromatic carbocycles. The van der Waals surface area contributed by atoms with E-state index in [2.05, 4.69) is 20.4 Å². The minimum absolute atomic E-state index is 0.0343. The van der Waals surface area contributed by atoms with E-state index in [1.807, 2.05) is 6.26 Å². The Bertz CT molecular complexity index is 1030. The molecule has 0 spiro atoms. The molecule has 2 aromatic heterocycles. The van der Waals surface area contributed by atoms with E-state index >= 15 is 0 Å². The molecule has 11 heteroatoms. The third-order valence-electron chi connectivity index (χ3n) is 3.28. The molecule has 0 aliphatic carbocycles. The molecule has 3 rings (SSSR count). The number of hydrogen-bond acceptors (Lipinski definition) is 8. The molecule has 2 N–H and O–H groups in total. The number of nitro groups is 1. The highest BCUT2D eigenvalue weighted by atomic mass is 32.2. The predicted octanol–water partition coefficient (Wildman–Crippen LogP) is 1.32. The summed E-state index contributed by atoms with van der Waals surface area (Å²) in [6, 6.07) is 5.13. The summed E-state index contributed by atoms with van der Waals surface area (Å²) in [7, 11) is 0. The number of amides is 1. The van der Waals surface area contributed by atoms with Crippen molar-refractivity contribution in [3.05, 3.63) is 58.0 Å². The minimum Gasteiger partial charge on any atom is -0.282 e. The van der Waals surface area contributed by atoms with Crippen molar-refractivity contribution in [2.24, 2.45) is 0 Å². The Hall–Kier alpha value is -3.34. The number of fused-ring (bicyclic) bond motifs is 1. The lowest BCUT2D eigenvalue weighted by molar-refractivity contribution is -0.384. The first-order chi connectivity index (χ1) is 12.0. The zero-order valence-corrected chi connectivity index (χ0v) is 13.6. The van der Waals surface area contributed by atoms with Crippen molar-refractivity contribution in [1.29, 1.82) is 5.41 Å². The van der Waals surface area contributed by atoms with Gasteiger partial charge in [0, 0.05) is 23.9 Å². The largest absolute Gasteiger partial charge is 0.282 e. The molecule has 0 aliphatic heterocycles. The van der Waals surface area contributed by atoms with Crippen LogP contribution in [0.25, 0.3) is 11.0 Å². The third-order valence-corrected chi connectivity index (χ3v) is 3.84. The highest BCUT2D eigenvalue weighted by Crippen LogP contribution is 2.12. The maximum atomic E-state index is 12.2. The van der Waals surface area contributed by atoms with E-state index in [-0.39, 0.29) is 16.7 Å². The number of nitro benzene ring substituents is 1. The molecule has 1 amide bonds. The SMILES string of the molecule is CSc1ncc2c(=N)n(NC(=O)c3ccc([N+](=O)[O-])cc3)cnc2n1. The monoisotopic (exact) mass is 357 g/mol. The number of rotatable bonds is 4. The molecule has 0 fully saturated rings. The van der Waals surface area contributed by atoms with Gasteiger partial charge in [0.25, 0.3) is 11.6 Å². The first kappa shape index (κ1) is 16.5. The van der Waals surface area contributed by atoms with E-state index in [0.717, 1.165) is 4.68 Å². The van der Waals surface area contributed by atoms with E-state index in [1.54, 1.807) is 0 Å². The number of nitrogens with zero attached hydrogens (tertiary/aromatic N) is 5. The van der Waals surface area contributed by atoms with E-state index in [9.17, 15) is 14.9 Å². The summed E-state index contributed by atoms with van der Waals surface area (Å²) in [5, 5.41) is 19.7. The molecule has 0 saturated heterocycles. The molecule has 3 aromatic rings. The van der Waals surface area contributed by atoms with Crippen molar-refractivity contribution in [2.45, 2.75) is 5.16 Å². The van der Waals surface area contributed by atoms with E-state index in [1.165, 1.54) is 48.6 Å². The number of thioether (sulfide) groups is 1. The fraction of sp³-hybridized carbons (Fsp3) is 0.0714. The first-order valence-corrected chi connectivity index (χ1v) is 8.11.